The van der Waals surface area contributed by atoms with E-state index in [9.17, 15) is 18.0 Å². The van der Waals surface area contributed by atoms with Crippen molar-refractivity contribution in [3.63, 3.8) is 0 Å². The van der Waals surface area contributed by atoms with Crippen LogP contribution in [0.5, 0.6) is 0 Å². The van der Waals surface area contributed by atoms with Crippen LogP contribution in [-0.2, 0) is 11.7 Å². The number of H-pyrrole nitrogens is 1. The molecule has 1 amide bonds. The van der Waals surface area contributed by atoms with Crippen LogP contribution >= 0.6 is 0 Å². The molecule has 7 nitrogen and oxygen atoms in total. The lowest BCUT2D eigenvalue weighted by molar-refractivity contribution is -0.137. The molecule has 176 valence electrons. The number of aromatic nitrogens is 5. The van der Waals surface area contributed by atoms with Crippen molar-refractivity contribution in [2.24, 2.45) is 0 Å². The molecule has 0 saturated carbocycles. The van der Waals surface area contributed by atoms with Gasteiger partial charge < -0.3 is 9.88 Å². The predicted molar refractivity (Wildman–Crippen MR) is 115 cm³/mol. The maximum absolute atomic E-state index is 15.3. The van der Waals surface area contributed by atoms with Gasteiger partial charge in [0.15, 0.2) is 0 Å². The van der Waals surface area contributed by atoms with Crippen molar-refractivity contribution >= 4 is 16.9 Å². The van der Waals surface area contributed by atoms with Crippen LogP contribution in [0, 0.1) is 12.7 Å². The summed E-state index contributed by atoms with van der Waals surface area (Å²) in [4.78, 5) is 23.9. The molecule has 0 spiro atoms. The van der Waals surface area contributed by atoms with E-state index >= 15 is 4.39 Å². The molecule has 1 aliphatic heterocycles. The zero-order chi connectivity index (χ0) is 24.3. The van der Waals surface area contributed by atoms with Gasteiger partial charge in [-0.3, -0.25) is 4.79 Å². The topological polar surface area (TPSA) is 79.7 Å². The fourth-order valence-electron chi connectivity index (χ4n) is 4.49. The zero-order valence-corrected chi connectivity index (χ0v) is 18.3. The van der Waals surface area contributed by atoms with E-state index in [1.807, 2.05) is 0 Å². The summed E-state index contributed by atoms with van der Waals surface area (Å²) < 4.78 is 54.7. The van der Waals surface area contributed by atoms with Crippen LogP contribution in [0.2, 0.25) is 0 Å². The van der Waals surface area contributed by atoms with Crippen LogP contribution < -0.4 is 0 Å². The van der Waals surface area contributed by atoms with Crippen LogP contribution in [-0.4, -0.2) is 42.3 Å². The first-order chi connectivity index (χ1) is 16.1. The average Bonchev–Trinajstić information content (AvgIpc) is 3.53. The Kier molecular flexibility index (Phi) is 4.96. The molecule has 0 bridgehead atoms. The summed E-state index contributed by atoms with van der Waals surface area (Å²) in [5.41, 5.74) is -0.868. The van der Waals surface area contributed by atoms with Crippen molar-refractivity contribution in [1.29, 1.82) is 0 Å². The van der Waals surface area contributed by atoms with Gasteiger partial charge in [0, 0.05) is 6.54 Å². The summed E-state index contributed by atoms with van der Waals surface area (Å²) in [5, 5.41) is 8.07. The lowest BCUT2D eigenvalue weighted by atomic mass is 9.96. The third kappa shape index (κ3) is 3.42. The van der Waals surface area contributed by atoms with Gasteiger partial charge in [0.2, 0.25) is 0 Å². The van der Waals surface area contributed by atoms with Gasteiger partial charge >= 0.3 is 6.18 Å². The van der Waals surface area contributed by atoms with Crippen molar-refractivity contribution in [2.45, 2.75) is 38.4 Å². The molecule has 3 heterocycles. The molecule has 4 aromatic rings. The number of alkyl halides is 3. The number of hydrogen-bond donors (Lipinski definition) is 1. The summed E-state index contributed by atoms with van der Waals surface area (Å²) in [5.74, 6) is -0.891. The number of fused-ring (bicyclic) bond motifs is 1. The molecule has 0 aliphatic carbocycles. The Hall–Kier alpha value is -3.76. The number of likely N-dealkylation sites (tertiary alicyclic amines) is 1. The number of aromatic amines is 1. The molecule has 2 aromatic heterocycles. The number of aryl methyl sites for hydroxylation is 1. The summed E-state index contributed by atoms with van der Waals surface area (Å²) in [6.45, 7) is 3.67. The number of hydrogen-bond acceptors (Lipinski definition) is 4. The Bertz CT molecular complexity index is 1390. The molecule has 34 heavy (non-hydrogen) atoms. The maximum Gasteiger partial charge on any atom is 0.416 e. The van der Waals surface area contributed by atoms with E-state index in [0.717, 1.165) is 12.1 Å². The predicted octanol–water partition coefficient (Wildman–Crippen LogP) is 4.76. The highest BCUT2D eigenvalue weighted by Gasteiger charge is 2.45. The van der Waals surface area contributed by atoms with E-state index in [1.54, 1.807) is 26.0 Å². The van der Waals surface area contributed by atoms with Gasteiger partial charge in [-0.2, -0.15) is 28.2 Å². The third-order valence-electron chi connectivity index (χ3n) is 6.37. The number of nitrogens with zero attached hydrogens (tertiary/aromatic N) is 5. The van der Waals surface area contributed by atoms with Crippen molar-refractivity contribution in [3.05, 3.63) is 71.1 Å². The Morgan fingerprint density at radius 1 is 1.15 bits per heavy atom. The minimum atomic E-state index is -4.49. The minimum Gasteiger partial charge on any atom is -0.340 e. The van der Waals surface area contributed by atoms with Gasteiger partial charge in [-0.05, 0) is 56.5 Å². The van der Waals surface area contributed by atoms with E-state index in [1.165, 1.54) is 28.2 Å². The molecule has 1 fully saturated rings. The molecule has 1 saturated heterocycles. The fourth-order valence-corrected chi connectivity index (χ4v) is 4.49. The fraction of sp³-hybridized carbons (Fsp3) is 0.304. The molecule has 2 aromatic carbocycles. The summed E-state index contributed by atoms with van der Waals surface area (Å²) >= 11 is 0. The van der Waals surface area contributed by atoms with Crippen molar-refractivity contribution in [3.8, 4) is 5.69 Å². The Labute approximate surface area is 191 Å². The normalized spacial score (nSPS) is 18.7. The van der Waals surface area contributed by atoms with Crippen molar-refractivity contribution in [2.75, 3.05) is 6.54 Å². The van der Waals surface area contributed by atoms with Gasteiger partial charge in [0.1, 0.15) is 22.9 Å². The summed E-state index contributed by atoms with van der Waals surface area (Å²) in [7, 11) is 0. The molecule has 0 unspecified atom stereocenters. The minimum absolute atomic E-state index is 0.167. The van der Waals surface area contributed by atoms with Crippen LogP contribution in [0.3, 0.4) is 0 Å². The maximum atomic E-state index is 15.3. The largest absolute Gasteiger partial charge is 0.416 e. The lowest BCUT2D eigenvalue weighted by Crippen LogP contribution is -2.44. The SMILES string of the molecule is Cc1ccc(-n2nccn2)c(C(=O)N2CCC[C@@]2(C)c2nc3ccc(C(F)(F)F)cc3[nH]2)c1F. The Morgan fingerprint density at radius 3 is 2.59 bits per heavy atom. The lowest BCUT2D eigenvalue weighted by Gasteiger charge is -2.34. The van der Waals surface area contributed by atoms with Crippen molar-refractivity contribution in [1.82, 2.24) is 29.9 Å². The van der Waals surface area contributed by atoms with Gasteiger partial charge in [-0.15, -0.1) is 0 Å². The highest BCUT2D eigenvalue weighted by atomic mass is 19.4. The van der Waals surface area contributed by atoms with Crippen LogP contribution in [0.4, 0.5) is 17.6 Å². The molecule has 0 radical (unpaired) electrons. The number of amides is 1. The quantitative estimate of drug-likeness (QED) is 0.436. The number of imidazole rings is 1. The molecule has 1 aliphatic rings. The second-order valence-electron chi connectivity index (χ2n) is 8.56. The molecule has 5 rings (SSSR count). The Morgan fingerprint density at radius 2 is 1.88 bits per heavy atom. The highest BCUT2D eigenvalue weighted by molar-refractivity contribution is 5.99. The molecule has 1 N–H and O–H groups in total. The summed E-state index contributed by atoms with van der Waals surface area (Å²) in [6.07, 6.45) is -0.507. The van der Waals surface area contributed by atoms with Crippen LogP contribution in [0.1, 0.15) is 47.1 Å². The van der Waals surface area contributed by atoms with Gasteiger partial charge in [0.05, 0.1) is 34.5 Å². The number of nitrogens with one attached hydrogen (secondary N) is 1. The second-order valence-corrected chi connectivity index (χ2v) is 8.56. The number of halogens is 4. The average molecular weight is 472 g/mol. The van der Waals surface area contributed by atoms with Crippen LogP contribution in [0.15, 0.2) is 42.7 Å². The standard InChI is InChI=1S/C23H20F4N6O/c1-13-4-7-17(33-28-9-10-29-33)18(19(13)24)20(34)32-11-3-8-22(32,2)21-30-15-6-5-14(23(25,26)27)12-16(15)31-21/h4-7,9-10,12H,3,8,11H2,1-2H3,(H,30,31)/t22-/m0/s1. The zero-order valence-electron chi connectivity index (χ0n) is 18.3. The smallest absolute Gasteiger partial charge is 0.340 e. The van der Waals surface area contributed by atoms with Crippen LogP contribution in [0.25, 0.3) is 16.7 Å². The highest BCUT2D eigenvalue weighted by Crippen LogP contribution is 2.40. The van der Waals surface area contributed by atoms with E-state index in [-0.39, 0.29) is 16.8 Å². The van der Waals surface area contributed by atoms with Crippen molar-refractivity contribution < 1.29 is 22.4 Å². The monoisotopic (exact) mass is 472 g/mol. The molecule has 1 atom stereocenters. The molecule has 11 heteroatoms. The van der Waals surface area contributed by atoms with Gasteiger partial charge in [-0.25, -0.2) is 9.37 Å². The third-order valence-corrected chi connectivity index (χ3v) is 6.37. The second kappa shape index (κ2) is 7.64. The van der Waals surface area contributed by atoms with E-state index in [0.29, 0.717) is 36.3 Å². The van der Waals surface area contributed by atoms with Gasteiger partial charge in [0.25, 0.3) is 5.91 Å². The number of carbonyl (C=O) groups is 1. The number of carbonyl (C=O) groups excluding carboxylic acids is 1. The van der Waals surface area contributed by atoms with Gasteiger partial charge in [-0.1, -0.05) is 6.07 Å². The first kappa shape index (κ1) is 22.1. The van der Waals surface area contributed by atoms with E-state index in [2.05, 4.69) is 20.2 Å². The molecular weight excluding hydrogens is 452 g/mol. The summed E-state index contributed by atoms with van der Waals surface area (Å²) in [6, 6.07) is 6.39. The van der Waals surface area contributed by atoms with E-state index in [4.69, 9.17) is 0 Å². The van der Waals surface area contributed by atoms with E-state index < -0.39 is 29.0 Å². The first-order valence-corrected chi connectivity index (χ1v) is 10.6. The molecular formula is C23H20F4N6O. The number of rotatable bonds is 3. The first-order valence-electron chi connectivity index (χ1n) is 10.6. The number of benzene rings is 2. The Balaban J connectivity index is 1.59.